The summed E-state index contributed by atoms with van der Waals surface area (Å²) in [6.45, 7) is 2.20. The zero-order valence-electron chi connectivity index (χ0n) is 11.8. The first kappa shape index (κ1) is 13.9. The number of nitrogens with one attached hydrogen (secondary N) is 1. The maximum atomic E-state index is 12.1. The predicted octanol–water partition coefficient (Wildman–Crippen LogP) is 3.98. The van der Waals surface area contributed by atoms with E-state index in [9.17, 15) is 10.1 Å². The molecule has 0 bridgehead atoms. The molecule has 0 radical (unpaired) electrons. The Morgan fingerprint density at radius 1 is 1.62 bits per heavy atom. The second-order valence-electron chi connectivity index (χ2n) is 5.27. The third kappa shape index (κ3) is 2.59. The number of rotatable bonds is 3. The topological polar surface area (TPSA) is 66.0 Å². The Hall–Kier alpha value is -2.06. The Balaban J connectivity index is 1.88. The fourth-order valence-electron chi connectivity index (χ4n) is 2.78. The number of carbonyl (C=O) groups excluding carboxylic acids is 1. The first-order chi connectivity index (χ1) is 10.2. The normalized spacial score (nSPS) is 17.0. The molecule has 3 rings (SSSR count). The number of carbonyl (C=O) groups is 1. The molecule has 0 spiro atoms. The van der Waals surface area contributed by atoms with Crippen LogP contribution in [0.15, 0.2) is 22.8 Å². The molecule has 2 aromatic heterocycles. The minimum atomic E-state index is -0.304. The highest BCUT2D eigenvalue weighted by molar-refractivity contribution is 7.16. The number of nitriles is 1. The van der Waals surface area contributed by atoms with E-state index in [1.54, 1.807) is 12.1 Å². The molecule has 1 amide bonds. The summed E-state index contributed by atoms with van der Waals surface area (Å²) >= 11 is 1.54. The SMILES string of the molecule is CC[C@@H]1CCc2c(sc(NC(=O)c3ccco3)c2C#N)C1. The molecule has 1 N–H and O–H groups in total. The molecule has 0 aromatic carbocycles. The van der Waals surface area contributed by atoms with Crippen molar-refractivity contribution in [3.63, 3.8) is 0 Å². The van der Waals surface area contributed by atoms with E-state index in [4.69, 9.17) is 4.42 Å². The molecular formula is C16H16N2O2S. The highest BCUT2D eigenvalue weighted by Gasteiger charge is 2.26. The van der Waals surface area contributed by atoms with Crippen LogP contribution in [0.4, 0.5) is 5.00 Å². The smallest absolute Gasteiger partial charge is 0.291 e. The lowest BCUT2D eigenvalue weighted by Crippen LogP contribution is -2.12. The van der Waals surface area contributed by atoms with Gasteiger partial charge in [-0.25, -0.2) is 0 Å². The van der Waals surface area contributed by atoms with E-state index in [1.807, 2.05) is 0 Å². The van der Waals surface area contributed by atoms with Crippen LogP contribution in [0.1, 0.15) is 46.3 Å². The fourth-order valence-corrected chi connectivity index (χ4v) is 4.09. The van der Waals surface area contributed by atoms with Gasteiger partial charge in [0, 0.05) is 4.88 Å². The van der Waals surface area contributed by atoms with Gasteiger partial charge in [-0.1, -0.05) is 13.3 Å². The van der Waals surface area contributed by atoms with Gasteiger partial charge in [0.25, 0.3) is 5.91 Å². The van der Waals surface area contributed by atoms with Crippen molar-refractivity contribution in [3.05, 3.63) is 40.2 Å². The Morgan fingerprint density at radius 3 is 3.14 bits per heavy atom. The lowest BCUT2D eigenvalue weighted by Gasteiger charge is -2.20. The summed E-state index contributed by atoms with van der Waals surface area (Å²) in [6.07, 6.45) is 5.70. The number of thiophene rings is 1. The van der Waals surface area contributed by atoms with E-state index in [1.165, 1.54) is 22.5 Å². The van der Waals surface area contributed by atoms with Crippen molar-refractivity contribution in [2.24, 2.45) is 5.92 Å². The zero-order chi connectivity index (χ0) is 14.8. The van der Waals surface area contributed by atoms with Crippen molar-refractivity contribution >= 4 is 22.2 Å². The molecule has 1 atom stereocenters. The number of nitrogens with zero attached hydrogens (tertiary/aromatic N) is 1. The summed E-state index contributed by atoms with van der Waals surface area (Å²) in [4.78, 5) is 13.3. The quantitative estimate of drug-likeness (QED) is 0.932. The van der Waals surface area contributed by atoms with Crippen LogP contribution in [0.2, 0.25) is 0 Å². The van der Waals surface area contributed by atoms with Crippen molar-refractivity contribution in [1.29, 1.82) is 5.26 Å². The monoisotopic (exact) mass is 300 g/mol. The van der Waals surface area contributed by atoms with Gasteiger partial charge in [0.2, 0.25) is 0 Å². The highest BCUT2D eigenvalue weighted by atomic mass is 32.1. The maximum Gasteiger partial charge on any atom is 0.291 e. The summed E-state index contributed by atoms with van der Waals surface area (Å²) in [6, 6.07) is 5.54. The van der Waals surface area contributed by atoms with Crippen LogP contribution in [0.3, 0.4) is 0 Å². The van der Waals surface area contributed by atoms with Crippen LogP contribution in [0.5, 0.6) is 0 Å². The van der Waals surface area contributed by atoms with Crippen molar-refractivity contribution in [2.45, 2.75) is 32.6 Å². The van der Waals surface area contributed by atoms with E-state index in [-0.39, 0.29) is 11.7 Å². The number of amides is 1. The largest absolute Gasteiger partial charge is 0.459 e. The molecule has 4 nitrogen and oxygen atoms in total. The molecule has 0 fully saturated rings. The van der Waals surface area contributed by atoms with Crippen molar-refractivity contribution in [2.75, 3.05) is 5.32 Å². The number of hydrogen-bond acceptors (Lipinski definition) is 4. The summed E-state index contributed by atoms with van der Waals surface area (Å²) < 4.78 is 5.09. The first-order valence-electron chi connectivity index (χ1n) is 7.12. The summed E-state index contributed by atoms with van der Waals surface area (Å²) in [5.41, 5.74) is 1.76. The Labute approximate surface area is 127 Å². The minimum absolute atomic E-state index is 0.261. The van der Waals surface area contributed by atoms with Crippen LogP contribution < -0.4 is 5.32 Å². The number of anilines is 1. The lowest BCUT2D eigenvalue weighted by molar-refractivity contribution is 0.0997. The van der Waals surface area contributed by atoms with E-state index in [2.05, 4.69) is 18.3 Å². The number of hydrogen-bond donors (Lipinski definition) is 1. The standard InChI is InChI=1S/C16H16N2O2S/c1-2-10-5-6-11-12(9-17)16(21-14(11)8-10)18-15(19)13-4-3-7-20-13/h3-4,7,10H,2,5-6,8H2,1H3,(H,18,19)/t10-/m1/s1. The molecule has 2 heterocycles. The molecule has 0 saturated carbocycles. The second kappa shape index (κ2) is 5.74. The lowest BCUT2D eigenvalue weighted by atomic mass is 9.86. The van der Waals surface area contributed by atoms with Gasteiger partial charge in [-0.05, 0) is 42.9 Å². The second-order valence-corrected chi connectivity index (χ2v) is 6.37. The van der Waals surface area contributed by atoms with Crippen molar-refractivity contribution in [3.8, 4) is 6.07 Å². The summed E-state index contributed by atoms with van der Waals surface area (Å²) in [5.74, 6) is 0.648. The van der Waals surface area contributed by atoms with Gasteiger partial charge in [0.05, 0.1) is 11.8 Å². The molecular weight excluding hydrogens is 284 g/mol. The van der Waals surface area contributed by atoms with Gasteiger partial charge in [-0.2, -0.15) is 5.26 Å². The van der Waals surface area contributed by atoms with Gasteiger partial charge in [0.15, 0.2) is 5.76 Å². The van der Waals surface area contributed by atoms with E-state index < -0.39 is 0 Å². The molecule has 1 aliphatic carbocycles. The first-order valence-corrected chi connectivity index (χ1v) is 7.94. The molecule has 108 valence electrons. The molecule has 5 heteroatoms. The third-order valence-electron chi connectivity index (χ3n) is 4.03. The zero-order valence-corrected chi connectivity index (χ0v) is 12.6. The highest BCUT2D eigenvalue weighted by Crippen LogP contribution is 2.40. The van der Waals surface area contributed by atoms with Crippen LogP contribution in [-0.2, 0) is 12.8 Å². The number of fused-ring (bicyclic) bond motifs is 1. The molecule has 0 unspecified atom stereocenters. The molecule has 1 aliphatic rings. The third-order valence-corrected chi connectivity index (χ3v) is 5.20. The van der Waals surface area contributed by atoms with E-state index in [0.29, 0.717) is 16.5 Å². The Bertz CT molecular complexity index is 695. The van der Waals surface area contributed by atoms with Crippen LogP contribution in [0.25, 0.3) is 0 Å². The Kier molecular flexibility index (Phi) is 3.80. The molecule has 21 heavy (non-hydrogen) atoms. The molecule has 2 aromatic rings. The van der Waals surface area contributed by atoms with Gasteiger partial charge in [-0.3, -0.25) is 4.79 Å². The predicted molar refractivity (Wildman–Crippen MR) is 81.5 cm³/mol. The Morgan fingerprint density at radius 2 is 2.48 bits per heavy atom. The minimum Gasteiger partial charge on any atom is -0.459 e. The molecule has 0 saturated heterocycles. The number of furan rings is 1. The van der Waals surface area contributed by atoms with Crippen molar-refractivity contribution in [1.82, 2.24) is 0 Å². The van der Waals surface area contributed by atoms with Gasteiger partial charge < -0.3 is 9.73 Å². The van der Waals surface area contributed by atoms with E-state index >= 15 is 0 Å². The summed E-state index contributed by atoms with van der Waals surface area (Å²) in [5, 5.41) is 12.9. The fraction of sp³-hybridized carbons (Fsp3) is 0.375. The van der Waals surface area contributed by atoms with Gasteiger partial charge >= 0.3 is 0 Å². The maximum absolute atomic E-state index is 12.1. The average molecular weight is 300 g/mol. The van der Waals surface area contributed by atoms with E-state index in [0.717, 1.165) is 31.2 Å². The van der Waals surface area contributed by atoms with Crippen LogP contribution in [-0.4, -0.2) is 5.91 Å². The summed E-state index contributed by atoms with van der Waals surface area (Å²) in [7, 11) is 0. The van der Waals surface area contributed by atoms with Crippen molar-refractivity contribution < 1.29 is 9.21 Å². The average Bonchev–Trinajstić information content (AvgIpc) is 3.13. The van der Waals surface area contributed by atoms with Crippen LogP contribution >= 0.6 is 11.3 Å². The van der Waals surface area contributed by atoms with Crippen LogP contribution in [0, 0.1) is 17.2 Å². The van der Waals surface area contributed by atoms with Gasteiger partial charge in [0.1, 0.15) is 11.1 Å². The molecule has 0 aliphatic heterocycles. The van der Waals surface area contributed by atoms with Gasteiger partial charge in [-0.15, -0.1) is 11.3 Å².